The van der Waals surface area contributed by atoms with Gasteiger partial charge in [-0.1, -0.05) is 11.6 Å². The van der Waals surface area contributed by atoms with Crippen LogP contribution in [0.2, 0.25) is 10.3 Å². The van der Waals surface area contributed by atoms with Crippen molar-refractivity contribution in [2.24, 2.45) is 0 Å². The molecule has 0 fully saturated rings. The number of halogens is 2. The van der Waals surface area contributed by atoms with Crippen molar-refractivity contribution in [2.45, 2.75) is 6.92 Å². The van der Waals surface area contributed by atoms with Gasteiger partial charge in [-0.25, -0.2) is 4.98 Å². The second kappa shape index (κ2) is 6.39. The van der Waals surface area contributed by atoms with E-state index >= 15 is 0 Å². The summed E-state index contributed by atoms with van der Waals surface area (Å²) in [6.07, 6.45) is 0. The Morgan fingerprint density at radius 1 is 1.25 bits per heavy atom. The average Bonchev–Trinajstić information content (AvgIpc) is 2.84. The summed E-state index contributed by atoms with van der Waals surface area (Å²) in [7, 11) is 0. The lowest BCUT2D eigenvalue weighted by molar-refractivity contribution is -0.384. The molecule has 0 aliphatic carbocycles. The highest BCUT2D eigenvalue weighted by Gasteiger charge is 2.19. The van der Waals surface area contributed by atoms with Crippen molar-refractivity contribution in [3.63, 3.8) is 0 Å². The van der Waals surface area contributed by atoms with E-state index in [1.54, 1.807) is 25.1 Å². The van der Waals surface area contributed by atoms with Gasteiger partial charge in [0.05, 0.1) is 22.0 Å². The molecule has 0 aliphatic rings. The molecule has 3 aromatic rings. The number of fused-ring (bicyclic) bond motifs is 1. The molecule has 0 bridgehead atoms. The third-order valence-electron chi connectivity index (χ3n) is 3.23. The summed E-state index contributed by atoms with van der Waals surface area (Å²) in [5.41, 5.74) is 1.35. The quantitative estimate of drug-likeness (QED) is 0.498. The molecule has 10 heteroatoms. The summed E-state index contributed by atoms with van der Waals surface area (Å²) >= 11 is 9.85. The van der Waals surface area contributed by atoms with Crippen LogP contribution in [-0.2, 0) is 11.3 Å². The number of nitrogens with zero attached hydrogens (tertiary/aromatic N) is 3. The van der Waals surface area contributed by atoms with E-state index in [1.807, 2.05) is 0 Å². The lowest BCUT2D eigenvalue weighted by atomic mass is 10.2. The van der Waals surface area contributed by atoms with Gasteiger partial charge in [-0.2, -0.15) is 8.18 Å². The van der Waals surface area contributed by atoms with Crippen LogP contribution in [0.4, 0.5) is 5.69 Å². The summed E-state index contributed by atoms with van der Waals surface area (Å²) in [4.78, 5) is 14.4. The van der Waals surface area contributed by atoms with Crippen molar-refractivity contribution in [1.29, 1.82) is 0 Å². The van der Waals surface area contributed by atoms with Gasteiger partial charge in [0.2, 0.25) is 5.28 Å². The SMILES string of the molecule is Cc1ccc([N+](=O)[O-])cc1OS(=O)n1c(Cl)nc2cc(Cl)ccc21. The Balaban J connectivity index is 2.01. The highest BCUT2D eigenvalue weighted by atomic mass is 35.5. The molecule has 7 nitrogen and oxygen atoms in total. The van der Waals surface area contributed by atoms with Crippen molar-refractivity contribution in [3.05, 3.63) is 62.4 Å². The molecular weight excluding hydrogens is 377 g/mol. The fraction of sp³-hybridized carbons (Fsp3) is 0.0714. The van der Waals surface area contributed by atoms with Crippen LogP contribution in [0.15, 0.2) is 36.4 Å². The summed E-state index contributed by atoms with van der Waals surface area (Å²) in [5.74, 6) is 0.120. The molecule has 2 aromatic carbocycles. The predicted octanol–water partition coefficient (Wildman–Crippen LogP) is 4.07. The molecule has 0 saturated heterocycles. The zero-order chi connectivity index (χ0) is 17.4. The van der Waals surface area contributed by atoms with Crippen molar-refractivity contribution < 1.29 is 13.3 Å². The van der Waals surface area contributed by atoms with Crippen molar-refractivity contribution in [3.8, 4) is 5.75 Å². The third kappa shape index (κ3) is 3.08. The maximum Gasteiger partial charge on any atom is 0.325 e. The van der Waals surface area contributed by atoms with Crippen LogP contribution in [0.25, 0.3) is 11.0 Å². The highest BCUT2D eigenvalue weighted by Crippen LogP contribution is 2.28. The van der Waals surface area contributed by atoms with Crippen LogP contribution in [0.3, 0.4) is 0 Å². The Labute approximate surface area is 148 Å². The molecular formula is C14H9Cl2N3O4S. The first kappa shape index (κ1) is 16.7. The Morgan fingerprint density at radius 2 is 2.00 bits per heavy atom. The number of benzene rings is 2. The van der Waals surface area contributed by atoms with Crippen molar-refractivity contribution in [1.82, 2.24) is 8.96 Å². The Morgan fingerprint density at radius 3 is 2.71 bits per heavy atom. The summed E-state index contributed by atoms with van der Waals surface area (Å²) in [5, 5.41) is 11.3. The van der Waals surface area contributed by atoms with E-state index in [0.717, 1.165) is 0 Å². The maximum absolute atomic E-state index is 12.6. The number of aromatic nitrogens is 2. The van der Waals surface area contributed by atoms with Gasteiger partial charge in [0.25, 0.3) is 5.69 Å². The van der Waals surface area contributed by atoms with E-state index in [4.69, 9.17) is 27.4 Å². The fourth-order valence-electron chi connectivity index (χ4n) is 2.05. The minimum absolute atomic E-state index is 0.0475. The third-order valence-corrected chi connectivity index (χ3v) is 4.81. The first-order chi connectivity index (χ1) is 11.4. The molecule has 124 valence electrons. The average molecular weight is 386 g/mol. The zero-order valence-corrected chi connectivity index (χ0v) is 14.4. The van der Waals surface area contributed by atoms with Crippen molar-refractivity contribution in [2.75, 3.05) is 0 Å². The second-order valence-corrected chi connectivity index (χ2v) is 6.56. The van der Waals surface area contributed by atoms with Crippen LogP contribution in [0.5, 0.6) is 5.75 Å². The molecule has 1 unspecified atom stereocenters. The Bertz CT molecular complexity index is 990. The molecule has 1 atom stereocenters. The smallest absolute Gasteiger partial charge is 0.325 e. The monoisotopic (exact) mass is 385 g/mol. The number of rotatable bonds is 4. The van der Waals surface area contributed by atoms with Gasteiger partial charge in [0, 0.05) is 11.1 Å². The van der Waals surface area contributed by atoms with E-state index in [1.165, 1.54) is 22.2 Å². The number of hydrogen-bond acceptors (Lipinski definition) is 5. The summed E-state index contributed by atoms with van der Waals surface area (Å²) in [6, 6.07) is 8.85. The molecule has 3 rings (SSSR count). The number of imidazole rings is 1. The van der Waals surface area contributed by atoms with E-state index < -0.39 is 16.2 Å². The van der Waals surface area contributed by atoms with Gasteiger partial charge in [-0.05, 0) is 48.4 Å². The van der Waals surface area contributed by atoms with Crippen LogP contribution < -0.4 is 4.18 Å². The molecule has 0 aliphatic heterocycles. The topological polar surface area (TPSA) is 87.3 Å². The molecule has 0 saturated carbocycles. The molecule has 24 heavy (non-hydrogen) atoms. The second-order valence-electron chi connectivity index (χ2n) is 4.82. The van der Waals surface area contributed by atoms with Gasteiger partial charge >= 0.3 is 11.3 Å². The van der Waals surface area contributed by atoms with Gasteiger partial charge in [0.15, 0.2) is 5.75 Å². The number of nitro benzene ring substituents is 1. The van der Waals surface area contributed by atoms with Gasteiger partial charge in [0.1, 0.15) is 0 Å². The Hall–Kier alpha value is -2.16. The molecule has 0 N–H and O–H groups in total. The standard InChI is InChI=1S/C14H9Cl2N3O4S/c1-8-2-4-10(19(20)21)7-13(8)23-24(22)18-12-5-3-9(15)6-11(12)17-14(18)16/h2-7H,1H3. The minimum Gasteiger partial charge on any atom is -0.384 e. The zero-order valence-electron chi connectivity index (χ0n) is 12.1. The lowest BCUT2D eigenvalue weighted by Gasteiger charge is -2.09. The van der Waals surface area contributed by atoms with Gasteiger partial charge < -0.3 is 4.18 Å². The van der Waals surface area contributed by atoms with Crippen LogP contribution in [0.1, 0.15) is 5.56 Å². The molecule has 0 spiro atoms. The van der Waals surface area contributed by atoms with Crippen LogP contribution in [-0.4, -0.2) is 18.1 Å². The van der Waals surface area contributed by atoms with E-state index in [9.17, 15) is 14.3 Å². The van der Waals surface area contributed by atoms with E-state index in [0.29, 0.717) is 21.6 Å². The van der Waals surface area contributed by atoms with Crippen LogP contribution >= 0.6 is 23.2 Å². The first-order valence-corrected chi connectivity index (χ1v) is 8.34. The van der Waals surface area contributed by atoms with E-state index in [-0.39, 0.29) is 16.7 Å². The number of nitro groups is 1. The van der Waals surface area contributed by atoms with Gasteiger partial charge in [-0.15, -0.1) is 0 Å². The number of aryl methyl sites for hydroxylation is 1. The maximum atomic E-state index is 12.6. The number of hydrogen-bond donors (Lipinski definition) is 0. The minimum atomic E-state index is -2.07. The predicted molar refractivity (Wildman–Crippen MR) is 91.8 cm³/mol. The van der Waals surface area contributed by atoms with Crippen LogP contribution in [0, 0.1) is 17.0 Å². The van der Waals surface area contributed by atoms with Gasteiger partial charge in [-0.3, -0.25) is 10.1 Å². The summed E-state index contributed by atoms with van der Waals surface area (Å²) in [6.45, 7) is 1.68. The lowest BCUT2D eigenvalue weighted by Crippen LogP contribution is -2.12. The van der Waals surface area contributed by atoms with E-state index in [2.05, 4.69) is 4.98 Å². The fourth-order valence-corrected chi connectivity index (χ4v) is 3.45. The number of non-ortho nitro benzene ring substituents is 1. The molecule has 1 heterocycles. The molecule has 0 amide bonds. The first-order valence-electron chi connectivity index (χ1n) is 6.56. The Kier molecular flexibility index (Phi) is 4.44. The highest BCUT2D eigenvalue weighted by molar-refractivity contribution is 7.79. The largest absolute Gasteiger partial charge is 0.384 e. The molecule has 0 radical (unpaired) electrons. The normalized spacial score (nSPS) is 12.3. The van der Waals surface area contributed by atoms with Crippen molar-refractivity contribution >= 4 is 51.2 Å². The molecule has 1 aromatic heterocycles. The summed E-state index contributed by atoms with van der Waals surface area (Å²) < 4.78 is 19.1.